The van der Waals surface area contributed by atoms with E-state index in [1.807, 2.05) is 12.1 Å². The lowest BCUT2D eigenvalue weighted by Gasteiger charge is -2.24. The van der Waals surface area contributed by atoms with E-state index in [1.165, 1.54) is 37.5 Å². The first-order valence-corrected chi connectivity index (χ1v) is 8.45. The van der Waals surface area contributed by atoms with Gasteiger partial charge in [-0.2, -0.15) is 0 Å². The zero-order valence-electron chi connectivity index (χ0n) is 14.0. The minimum Gasteiger partial charge on any atom is -0.370 e. The van der Waals surface area contributed by atoms with Gasteiger partial charge in [0.05, 0.1) is 6.04 Å². The second-order valence-electron chi connectivity index (χ2n) is 6.28. The van der Waals surface area contributed by atoms with Crippen molar-refractivity contribution in [2.24, 2.45) is 28.1 Å². The lowest BCUT2D eigenvalue weighted by atomic mass is 9.85. The van der Waals surface area contributed by atoms with Crippen LogP contribution in [0.3, 0.4) is 0 Å². The Hall–Kier alpha value is -2.01. The van der Waals surface area contributed by atoms with E-state index in [0.29, 0.717) is 18.5 Å². The highest BCUT2D eigenvalue weighted by molar-refractivity contribution is 5.80. The number of hydrogen-bond acceptors (Lipinski definition) is 2. The normalized spacial score (nSPS) is 16.4. The van der Waals surface area contributed by atoms with Crippen LogP contribution >= 0.6 is 0 Å². The highest BCUT2D eigenvalue weighted by atomic mass is 15.0. The number of aromatic nitrogens is 1. The zero-order valence-corrected chi connectivity index (χ0v) is 14.0. The summed E-state index contributed by atoms with van der Waals surface area (Å²) in [6.07, 6.45) is 6.64. The van der Waals surface area contributed by atoms with E-state index >= 15 is 0 Å². The molecule has 5 heteroatoms. The van der Waals surface area contributed by atoms with Crippen molar-refractivity contribution in [2.75, 3.05) is 0 Å². The molecule has 5 nitrogen and oxygen atoms in total. The fraction of sp³-hybridized carbons (Fsp3) is 0.500. The monoisotopic (exact) mass is 315 g/mol. The van der Waals surface area contributed by atoms with E-state index in [-0.39, 0.29) is 5.96 Å². The Labute approximate surface area is 138 Å². The molecule has 0 bridgehead atoms. The van der Waals surface area contributed by atoms with Crippen molar-refractivity contribution in [3.63, 3.8) is 0 Å². The van der Waals surface area contributed by atoms with Crippen molar-refractivity contribution < 1.29 is 0 Å². The largest absolute Gasteiger partial charge is 0.370 e. The number of aliphatic imine (C=N–C) groups is 1. The average Bonchev–Trinajstić information content (AvgIpc) is 2.99. The van der Waals surface area contributed by atoms with Crippen LogP contribution in [0.25, 0.3) is 10.9 Å². The summed E-state index contributed by atoms with van der Waals surface area (Å²) in [5, 5.41) is 1.23. The highest BCUT2D eigenvalue weighted by Gasteiger charge is 2.19. The molecular formula is C18H29N5. The second kappa shape index (κ2) is 8.58. The van der Waals surface area contributed by atoms with E-state index in [1.54, 1.807) is 0 Å². The number of para-hydroxylation sites is 1. The molecule has 0 aliphatic heterocycles. The third-order valence-electron chi connectivity index (χ3n) is 4.49. The molecule has 126 valence electrons. The Morgan fingerprint density at radius 2 is 1.91 bits per heavy atom. The summed E-state index contributed by atoms with van der Waals surface area (Å²) in [7, 11) is 0. The third kappa shape index (κ3) is 5.28. The number of aromatic amines is 1. The molecular weight excluding hydrogens is 286 g/mol. The standard InChI is InChI=1S/C9H19N3.C9H10N2/c1-7(12-9(10)11)8-5-3-2-4-6-8;10-6-8-5-7-3-1-2-4-9(7)11-8/h7-8H,2-6H2,1H3,(H4,10,11,12);1-5,11H,6,10H2. The first kappa shape index (κ1) is 17.3. The Kier molecular flexibility index (Phi) is 6.47. The first-order chi connectivity index (χ1) is 11.1. The van der Waals surface area contributed by atoms with Crippen LogP contribution in [-0.2, 0) is 6.54 Å². The van der Waals surface area contributed by atoms with Gasteiger partial charge in [0.25, 0.3) is 0 Å². The molecule has 0 spiro atoms. The smallest absolute Gasteiger partial charge is 0.186 e. The molecule has 7 N–H and O–H groups in total. The minimum absolute atomic E-state index is 0.230. The minimum atomic E-state index is 0.230. The van der Waals surface area contributed by atoms with Crippen molar-refractivity contribution in [1.82, 2.24) is 4.98 Å². The van der Waals surface area contributed by atoms with E-state index in [9.17, 15) is 0 Å². The molecule has 23 heavy (non-hydrogen) atoms. The maximum atomic E-state index is 5.48. The fourth-order valence-corrected chi connectivity index (χ4v) is 3.20. The molecule has 2 aromatic rings. The predicted molar refractivity (Wildman–Crippen MR) is 98.0 cm³/mol. The lowest BCUT2D eigenvalue weighted by Crippen LogP contribution is -2.28. The Morgan fingerprint density at radius 3 is 2.52 bits per heavy atom. The van der Waals surface area contributed by atoms with Crippen LogP contribution < -0.4 is 17.2 Å². The zero-order chi connectivity index (χ0) is 16.7. The van der Waals surface area contributed by atoms with Crippen LogP contribution in [0.1, 0.15) is 44.7 Å². The number of nitrogens with zero attached hydrogens (tertiary/aromatic N) is 1. The molecule has 1 fully saturated rings. The van der Waals surface area contributed by atoms with Crippen molar-refractivity contribution in [2.45, 2.75) is 51.6 Å². The molecule has 0 saturated heterocycles. The predicted octanol–water partition coefficient (Wildman–Crippen LogP) is 2.86. The quantitative estimate of drug-likeness (QED) is 0.517. The summed E-state index contributed by atoms with van der Waals surface area (Å²) >= 11 is 0. The SMILES string of the molecule is CC(N=C(N)N)C1CCCCC1.NCc1cc2ccccc2[nH]1. The maximum Gasteiger partial charge on any atom is 0.186 e. The molecule has 0 radical (unpaired) electrons. The van der Waals surface area contributed by atoms with Gasteiger partial charge in [-0.25, -0.2) is 0 Å². The van der Waals surface area contributed by atoms with Crippen LogP contribution in [0, 0.1) is 5.92 Å². The molecule has 1 aromatic carbocycles. The summed E-state index contributed by atoms with van der Waals surface area (Å²) in [5.74, 6) is 0.939. The van der Waals surface area contributed by atoms with Crippen molar-refractivity contribution in [1.29, 1.82) is 0 Å². The van der Waals surface area contributed by atoms with Gasteiger partial charge in [-0.15, -0.1) is 0 Å². The van der Waals surface area contributed by atoms with Gasteiger partial charge in [-0.1, -0.05) is 37.5 Å². The molecule has 1 heterocycles. The van der Waals surface area contributed by atoms with Gasteiger partial charge in [0.2, 0.25) is 0 Å². The number of nitrogens with one attached hydrogen (secondary N) is 1. The fourth-order valence-electron chi connectivity index (χ4n) is 3.20. The second-order valence-corrected chi connectivity index (χ2v) is 6.28. The molecule has 3 rings (SSSR count). The number of fused-ring (bicyclic) bond motifs is 1. The van der Waals surface area contributed by atoms with Crippen LogP contribution in [0.15, 0.2) is 35.3 Å². The molecule has 1 unspecified atom stereocenters. The summed E-state index contributed by atoms with van der Waals surface area (Å²) < 4.78 is 0. The topological polar surface area (TPSA) is 106 Å². The Balaban J connectivity index is 0.000000167. The van der Waals surface area contributed by atoms with Gasteiger partial charge in [0, 0.05) is 17.8 Å². The summed E-state index contributed by atoms with van der Waals surface area (Å²) in [6, 6.07) is 10.6. The van der Waals surface area contributed by atoms with Crippen molar-refractivity contribution in [3.8, 4) is 0 Å². The van der Waals surface area contributed by atoms with Crippen molar-refractivity contribution in [3.05, 3.63) is 36.0 Å². The Morgan fingerprint density at radius 1 is 1.22 bits per heavy atom. The van der Waals surface area contributed by atoms with E-state index in [2.05, 4.69) is 35.1 Å². The van der Waals surface area contributed by atoms with Crippen molar-refractivity contribution >= 4 is 16.9 Å². The Bertz CT molecular complexity index is 588. The van der Waals surface area contributed by atoms with Crippen LogP contribution in [0.2, 0.25) is 0 Å². The van der Waals surface area contributed by atoms with Crippen LogP contribution in [0.4, 0.5) is 0 Å². The number of benzene rings is 1. The number of guanidine groups is 1. The van der Waals surface area contributed by atoms with Gasteiger partial charge in [0.1, 0.15) is 0 Å². The molecule has 1 aromatic heterocycles. The van der Waals surface area contributed by atoms with E-state index < -0.39 is 0 Å². The number of rotatable bonds is 3. The maximum absolute atomic E-state index is 5.48. The lowest BCUT2D eigenvalue weighted by molar-refractivity contribution is 0.317. The molecule has 1 aliphatic rings. The summed E-state index contributed by atoms with van der Waals surface area (Å²) in [6.45, 7) is 2.68. The van der Waals surface area contributed by atoms with Gasteiger partial charge in [0.15, 0.2) is 5.96 Å². The highest BCUT2D eigenvalue weighted by Crippen LogP contribution is 2.27. The number of hydrogen-bond donors (Lipinski definition) is 4. The molecule has 1 atom stereocenters. The molecule has 1 aliphatic carbocycles. The van der Waals surface area contributed by atoms with Gasteiger partial charge >= 0.3 is 0 Å². The molecule has 1 saturated carbocycles. The van der Waals surface area contributed by atoms with Crippen LogP contribution in [-0.4, -0.2) is 17.0 Å². The first-order valence-electron chi connectivity index (χ1n) is 8.45. The van der Waals surface area contributed by atoms with Gasteiger partial charge in [-0.3, -0.25) is 4.99 Å². The van der Waals surface area contributed by atoms with Gasteiger partial charge < -0.3 is 22.2 Å². The van der Waals surface area contributed by atoms with Gasteiger partial charge in [-0.05, 0) is 43.2 Å². The average molecular weight is 315 g/mol. The third-order valence-corrected chi connectivity index (χ3v) is 4.49. The summed E-state index contributed by atoms with van der Waals surface area (Å²) in [5.41, 5.74) is 18.4. The number of H-pyrrole nitrogens is 1. The number of nitrogens with two attached hydrogens (primary N) is 3. The van der Waals surface area contributed by atoms with E-state index in [4.69, 9.17) is 17.2 Å². The molecule has 0 amide bonds. The van der Waals surface area contributed by atoms with Crippen LogP contribution in [0.5, 0.6) is 0 Å². The van der Waals surface area contributed by atoms with E-state index in [0.717, 1.165) is 11.2 Å². The summed E-state index contributed by atoms with van der Waals surface area (Å²) in [4.78, 5) is 7.39.